The number of halogens is 4. The van der Waals surface area contributed by atoms with E-state index in [1.807, 2.05) is 6.07 Å². The van der Waals surface area contributed by atoms with Crippen LogP contribution in [0.15, 0.2) is 59.9 Å². The Morgan fingerprint density at radius 3 is 1.50 bits per heavy atom. The average molecular weight is 631 g/mol. The molecule has 3 aromatic carbocycles. The van der Waals surface area contributed by atoms with Gasteiger partial charge in [-0.3, -0.25) is 0 Å². The number of fused-ring (bicyclic) bond motifs is 2. The Bertz CT molecular complexity index is 2250. The van der Waals surface area contributed by atoms with Crippen molar-refractivity contribution >= 4 is 39.2 Å². The molecule has 12 heteroatoms. The van der Waals surface area contributed by atoms with Gasteiger partial charge >= 0.3 is 0 Å². The second-order valence-electron chi connectivity index (χ2n) is 9.87. The van der Waals surface area contributed by atoms with Crippen LogP contribution in [0.3, 0.4) is 0 Å². The lowest BCUT2D eigenvalue weighted by molar-refractivity contribution is 0.146. The van der Waals surface area contributed by atoms with E-state index < -0.39 is 80.0 Å². The fourth-order valence-corrected chi connectivity index (χ4v) is 5.95. The summed E-state index contributed by atoms with van der Waals surface area (Å²) in [6.45, 7) is 30.6. The molecule has 0 bridgehead atoms. The van der Waals surface area contributed by atoms with E-state index in [-0.39, 0.29) is 33.5 Å². The summed E-state index contributed by atoms with van der Waals surface area (Å²) in [5, 5.41) is 39.7. The monoisotopic (exact) mass is 630 g/mol. The zero-order valence-corrected chi connectivity index (χ0v) is 23.9. The van der Waals surface area contributed by atoms with E-state index in [2.05, 4.69) is 19.4 Å². The molecule has 8 nitrogen and oxygen atoms in total. The quantitative estimate of drug-likeness (QED) is 0.162. The molecule has 2 aliphatic rings. The summed E-state index contributed by atoms with van der Waals surface area (Å²) in [6.07, 6.45) is -7.11. The van der Waals surface area contributed by atoms with Gasteiger partial charge in [0, 0.05) is 22.3 Å². The maximum absolute atomic E-state index is 15.5. The summed E-state index contributed by atoms with van der Waals surface area (Å²) < 4.78 is 62.1. The van der Waals surface area contributed by atoms with Crippen LogP contribution in [0.4, 0.5) is 23.2 Å². The predicted octanol–water partition coefficient (Wildman–Crippen LogP) is 9.54. The molecule has 0 atom stereocenters. The van der Waals surface area contributed by atoms with Crippen molar-refractivity contribution in [3.63, 3.8) is 0 Å². The number of hydrogen-bond donors (Lipinski definition) is 0. The van der Waals surface area contributed by atoms with E-state index in [1.165, 1.54) is 48.5 Å². The Kier molecular flexibility index (Phi) is 8.14. The first kappa shape index (κ1) is 31.7. The van der Waals surface area contributed by atoms with Crippen molar-refractivity contribution in [2.75, 3.05) is 0 Å². The molecular weight excluding hydrogens is 620 g/mol. The van der Waals surface area contributed by atoms with Gasteiger partial charge in [0.05, 0.1) is 55.6 Å². The Hall–Kier alpha value is -7.74. The van der Waals surface area contributed by atoms with Crippen LogP contribution < -0.4 is 0 Å². The maximum atomic E-state index is 15.5. The second-order valence-corrected chi connectivity index (χ2v) is 9.87. The fraction of sp³-hybridized carbons (Fsp3) is 0.0556. The highest BCUT2D eigenvalue weighted by atomic mass is 19.3. The second kappa shape index (κ2) is 12.3. The van der Waals surface area contributed by atoms with Gasteiger partial charge in [-0.2, -0.15) is 10.5 Å². The van der Waals surface area contributed by atoms with Gasteiger partial charge in [-0.15, -0.1) is 0 Å². The van der Waals surface area contributed by atoms with Gasteiger partial charge in [-0.05, 0) is 56.7 Å². The normalized spacial score (nSPS) is 14.8. The van der Waals surface area contributed by atoms with Crippen molar-refractivity contribution in [1.82, 2.24) is 0 Å². The Morgan fingerprint density at radius 1 is 0.583 bits per heavy atom. The number of nitriles is 4. The van der Waals surface area contributed by atoms with Crippen LogP contribution >= 0.6 is 0 Å². The number of benzene rings is 3. The standard InChI is InChI=1S/C36H10F4N8/c1-45-20-11-9-19(10-12-20)25-28(23(16-44)47-3)30-31(34(25)48-4)33(36(39)40)29-26(32(30)35(37)38)21(14-42)24(27(29)22(15-43)46-2)18-7-5-17(13-41)6-8-18/h5-12,35-36H/b27-22-,28-23+. The highest BCUT2D eigenvalue weighted by Gasteiger charge is 2.46. The number of nitrogens with zero attached hydrogens (tertiary/aromatic N) is 8. The average Bonchev–Trinajstić information content (AvgIpc) is 3.61. The molecule has 0 spiro atoms. The largest absolute Gasteiger partial charge is 0.270 e. The minimum absolute atomic E-state index is 0.0462. The zero-order valence-electron chi connectivity index (χ0n) is 23.9. The van der Waals surface area contributed by atoms with Crippen LogP contribution in [-0.4, -0.2) is 0 Å². The molecule has 0 saturated carbocycles. The first-order chi connectivity index (χ1) is 23.2. The van der Waals surface area contributed by atoms with Crippen LogP contribution in [0.2, 0.25) is 0 Å². The third-order valence-corrected chi connectivity index (χ3v) is 7.71. The van der Waals surface area contributed by atoms with E-state index in [1.54, 1.807) is 18.2 Å². The first-order valence-corrected chi connectivity index (χ1v) is 13.3. The van der Waals surface area contributed by atoms with Crippen molar-refractivity contribution < 1.29 is 17.6 Å². The summed E-state index contributed by atoms with van der Waals surface area (Å²) in [6, 6.07) is 17.4. The highest BCUT2D eigenvalue weighted by Crippen LogP contribution is 2.61. The Balaban J connectivity index is 2.13. The SMILES string of the molecule is [C-]#[N+]C1=C(c2ccc([N+]#[C-])cc2)/C(=C(/C#N)[N+]#[C-])c2c1c(C(F)F)c1c(c2C(F)F)C(C#N)=C(c2ccc(C#N)cc2)/C1=C(\C#N)[N+]#[C-]. The topological polar surface area (TPSA) is 113 Å². The van der Waals surface area contributed by atoms with E-state index in [9.17, 15) is 21.0 Å². The van der Waals surface area contributed by atoms with Crippen LogP contribution in [0.5, 0.6) is 0 Å². The summed E-state index contributed by atoms with van der Waals surface area (Å²) in [5.74, 6) is 0. The molecule has 3 aromatic rings. The number of allylic oxidation sites excluding steroid dienone is 7. The third-order valence-electron chi connectivity index (χ3n) is 7.71. The molecule has 0 aliphatic heterocycles. The van der Waals surface area contributed by atoms with Crippen LogP contribution in [0, 0.1) is 71.6 Å². The third kappa shape index (κ3) is 4.53. The van der Waals surface area contributed by atoms with Crippen LogP contribution in [0.25, 0.3) is 52.9 Å². The maximum Gasteiger partial charge on any atom is 0.270 e. The molecule has 0 aromatic heterocycles. The van der Waals surface area contributed by atoms with Crippen LogP contribution in [0.1, 0.15) is 62.9 Å². The molecule has 0 heterocycles. The van der Waals surface area contributed by atoms with Gasteiger partial charge in [0.15, 0.2) is 5.69 Å². The summed E-state index contributed by atoms with van der Waals surface area (Å²) in [5.41, 5.74) is -9.10. The first-order valence-electron chi connectivity index (χ1n) is 13.3. The Morgan fingerprint density at radius 2 is 1.06 bits per heavy atom. The lowest BCUT2D eigenvalue weighted by atomic mass is 9.83. The molecule has 222 valence electrons. The van der Waals surface area contributed by atoms with Gasteiger partial charge in [-0.1, -0.05) is 36.4 Å². The molecule has 0 amide bonds. The number of alkyl halides is 4. The van der Waals surface area contributed by atoms with Crippen molar-refractivity contribution in [2.45, 2.75) is 12.9 Å². The van der Waals surface area contributed by atoms with E-state index in [0.29, 0.717) is 0 Å². The van der Waals surface area contributed by atoms with Crippen molar-refractivity contribution in [3.05, 3.63) is 156 Å². The van der Waals surface area contributed by atoms with Crippen molar-refractivity contribution in [3.8, 4) is 24.3 Å². The zero-order chi connectivity index (χ0) is 34.9. The molecule has 0 radical (unpaired) electrons. The molecule has 0 N–H and O–H groups in total. The molecule has 0 fully saturated rings. The lowest BCUT2D eigenvalue weighted by Crippen LogP contribution is -2.09. The molecule has 0 unspecified atom stereocenters. The summed E-state index contributed by atoms with van der Waals surface area (Å²) >= 11 is 0. The molecule has 0 saturated heterocycles. The van der Waals surface area contributed by atoms with Crippen LogP contribution in [-0.2, 0) is 0 Å². The van der Waals surface area contributed by atoms with E-state index in [4.69, 9.17) is 26.3 Å². The minimum atomic E-state index is -3.56. The Labute approximate surface area is 270 Å². The van der Waals surface area contributed by atoms with Gasteiger partial charge in [0.1, 0.15) is 6.07 Å². The van der Waals surface area contributed by atoms with E-state index in [0.717, 1.165) is 0 Å². The number of hydrogen-bond acceptors (Lipinski definition) is 4. The smallest absolute Gasteiger partial charge is 0.238 e. The molecule has 2 aliphatic carbocycles. The minimum Gasteiger partial charge on any atom is -0.238 e. The van der Waals surface area contributed by atoms with E-state index >= 15 is 17.6 Å². The van der Waals surface area contributed by atoms with Gasteiger partial charge in [0.25, 0.3) is 24.2 Å². The summed E-state index contributed by atoms with van der Waals surface area (Å²) in [4.78, 5) is 13.1. The number of rotatable bonds is 4. The van der Waals surface area contributed by atoms with Gasteiger partial charge in [-0.25, -0.2) is 47.5 Å². The van der Waals surface area contributed by atoms with Crippen molar-refractivity contribution in [2.24, 2.45) is 0 Å². The van der Waals surface area contributed by atoms with Crippen molar-refractivity contribution in [1.29, 1.82) is 21.0 Å². The lowest BCUT2D eigenvalue weighted by Gasteiger charge is -2.22. The molecule has 48 heavy (non-hydrogen) atoms. The fourth-order valence-electron chi connectivity index (χ4n) is 5.95. The predicted molar refractivity (Wildman–Crippen MR) is 164 cm³/mol. The molecular formula is C36H10F4N8. The summed E-state index contributed by atoms with van der Waals surface area (Å²) in [7, 11) is 0. The highest BCUT2D eigenvalue weighted by molar-refractivity contribution is 6.30. The molecule has 5 rings (SSSR count). The van der Waals surface area contributed by atoms with Gasteiger partial charge < -0.3 is 0 Å². The van der Waals surface area contributed by atoms with Gasteiger partial charge in [0.2, 0.25) is 5.70 Å².